The first-order valence-corrected chi connectivity index (χ1v) is 12.3. The highest BCUT2D eigenvalue weighted by atomic mass is 32.2. The lowest BCUT2D eigenvalue weighted by atomic mass is 10.2. The van der Waals surface area contributed by atoms with E-state index in [9.17, 15) is 4.79 Å². The lowest BCUT2D eigenvalue weighted by molar-refractivity contribution is -0.118. The maximum absolute atomic E-state index is 12.4. The van der Waals surface area contributed by atoms with Crippen LogP contribution in [0.1, 0.15) is 18.7 Å². The minimum Gasteiger partial charge on any atom is -0.494 e. The van der Waals surface area contributed by atoms with E-state index in [-0.39, 0.29) is 11.7 Å². The summed E-state index contributed by atoms with van der Waals surface area (Å²) in [7, 11) is 0. The van der Waals surface area contributed by atoms with E-state index in [1.165, 1.54) is 11.8 Å². The number of hydrogen-bond donors (Lipinski definition) is 1. The summed E-state index contributed by atoms with van der Waals surface area (Å²) in [5.74, 6) is 1.45. The monoisotopic (exact) mass is 477 g/mol. The Kier molecular flexibility index (Phi) is 7.54. The molecule has 4 rings (SSSR count). The number of ether oxygens (including phenoxy) is 1. The Morgan fingerprint density at radius 2 is 1.88 bits per heavy atom. The third-order valence-corrected chi connectivity index (χ3v) is 6.54. The van der Waals surface area contributed by atoms with Crippen molar-refractivity contribution in [2.45, 2.75) is 19.0 Å². The van der Waals surface area contributed by atoms with Crippen molar-refractivity contribution in [3.8, 4) is 22.8 Å². The molecule has 0 fully saturated rings. The first-order chi connectivity index (χ1) is 16.2. The number of nitrogens with one attached hydrogen (secondary N) is 1. The van der Waals surface area contributed by atoms with Crippen LogP contribution in [0, 0.1) is 0 Å². The quantitative estimate of drug-likeness (QED) is 0.208. The van der Waals surface area contributed by atoms with Gasteiger partial charge in [0.1, 0.15) is 5.75 Å². The van der Waals surface area contributed by atoms with Crippen molar-refractivity contribution in [1.29, 1.82) is 0 Å². The van der Waals surface area contributed by atoms with Crippen molar-refractivity contribution in [2.24, 2.45) is 5.10 Å². The second kappa shape index (κ2) is 10.9. The van der Waals surface area contributed by atoms with Gasteiger partial charge in [0.25, 0.3) is 5.91 Å². The fraction of sp³-hybridized carbons (Fsp3) is 0.167. The zero-order valence-electron chi connectivity index (χ0n) is 18.3. The predicted molar refractivity (Wildman–Crippen MR) is 133 cm³/mol. The topological polar surface area (TPSA) is 81.4 Å². The molecule has 33 heavy (non-hydrogen) atoms. The molecule has 1 N–H and O–H groups in total. The van der Waals surface area contributed by atoms with E-state index in [1.807, 2.05) is 90.5 Å². The smallest absolute Gasteiger partial charge is 0.250 e. The second-order valence-electron chi connectivity index (χ2n) is 6.93. The Labute approximate surface area is 200 Å². The Morgan fingerprint density at radius 1 is 1.09 bits per heavy atom. The fourth-order valence-electron chi connectivity index (χ4n) is 3.08. The molecule has 2 heterocycles. The number of hydrazone groups is 1. The number of amides is 1. The number of carbonyl (C=O) groups is 1. The number of carbonyl (C=O) groups excluding carboxylic acids is 1. The minimum atomic E-state index is -0.210. The van der Waals surface area contributed by atoms with Crippen LogP contribution in [0.15, 0.2) is 82.4 Å². The Morgan fingerprint density at radius 3 is 2.58 bits per heavy atom. The second-order valence-corrected chi connectivity index (χ2v) is 8.82. The zero-order chi connectivity index (χ0) is 23.0. The standard InChI is InChI=1S/C24H23N5O2S2/c1-3-31-20-13-11-19(12-14-20)29-23(18-8-5-4-6-9-18)27-28-24(29)33-16-22(30)26-25-17(2)21-10-7-15-32-21/h4-15H,3,16H2,1-2H3,(H,26,30)/b25-17+. The maximum atomic E-state index is 12.4. The Balaban J connectivity index is 1.54. The maximum Gasteiger partial charge on any atom is 0.250 e. The summed E-state index contributed by atoms with van der Waals surface area (Å²) in [4.78, 5) is 13.4. The van der Waals surface area contributed by atoms with Gasteiger partial charge in [-0.2, -0.15) is 5.10 Å². The van der Waals surface area contributed by atoms with Gasteiger partial charge in [0, 0.05) is 16.1 Å². The molecule has 2 aromatic carbocycles. The molecule has 0 aliphatic heterocycles. The third kappa shape index (κ3) is 5.68. The van der Waals surface area contributed by atoms with Crippen LogP contribution < -0.4 is 10.2 Å². The van der Waals surface area contributed by atoms with Gasteiger partial charge in [0.15, 0.2) is 11.0 Å². The average Bonchev–Trinajstić information content (AvgIpc) is 3.53. The molecule has 0 radical (unpaired) electrons. The van der Waals surface area contributed by atoms with E-state index < -0.39 is 0 Å². The molecule has 4 aromatic rings. The highest BCUT2D eigenvalue weighted by Gasteiger charge is 2.17. The molecule has 168 valence electrons. The molecule has 0 spiro atoms. The molecule has 0 aliphatic carbocycles. The van der Waals surface area contributed by atoms with Gasteiger partial charge in [-0.25, -0.2) is 5.43 Å². The fourth-order valence-corrected chi connectivity index (χ4v) is 4.50. The Bertz CT molecular complexity index is 1220. The summed E-state index contributed by atoms with van der Waals surface area (Å²) < 4.78 is 7.51. The summed E-state index contributed by atoms with van der Waals surface area (Å²) >= 11 is 2.89. The van der Waals surface area contributed by atoms with Crippen LogP contribution in [0.25, 0.3) is 17.1 Å². The van der Waals surface area contributed by atoms with Crippen molar-refractivity contribution in [3.63, 3.8) is 0 Å². The summed E-state index contributed by atoms with van der Waals surface area (Å²) in [6.45, 7) is 4.42. The predicted octanol–water partition coefficient (Wildman–Crippen LogP) is 5.03. The van der Waals surface area contributed by atoms with Crippen molar-refractivity contribution in [2.75, 3.05) is 12.4 Å². The van der Waals surface area contributed by atoms with E-state index in [0.717, 1.165) is 27.6 Å². The lowest BCUT2D eigenvalue weighted by Gasteiger charge is -2.11. The van der Waals surface area contributed by atoms with Crippen molar-refractivity contribution in [3.05, 3.63) is 77.0 Å². The molecule has 2 aromatic heterocycles. The van der Waals surface area contributed by atoms with Gasteiger partial charge in [-0.3, -0.25) is 9.36 Å². The van der Waals surface area contributed by atoms with Crippen LogP contribution in [0.3, 0.4) is 0 Å². The van der Waals surface area contributed by atoms with E-state index in [1.54, 1.807) is 11.3 Å². The van der Waals surface area contributed by atoms with Gasteiger partial charge < -0.3 is 4.74 Å². The SMILES string of the molecule is CCOc1ccc(-n2c(SCC(=O)N/N=C(\C)c3cccs3)nnc2-c2ccccc2)cc1. The van der Waals surface area contributed by atoms with Gasteiger partial charge in [-0.15, -0.1) is 21.5 Å². The van der Waals surface area contributed by atoms with Gasteiger partial charge >= 0.3 is 0 Å². The zero-order valence-corrected chi connectivity index (χ0v) is 19.9. The molecule has 0 saturated heterocycles. The normalized spacial score (nSPS) is 11.4. The first-order valence-electron chi connectivity index (χ1n) is 10.4. The number of nitrogens with zero attached hydrogens (tertiary/aromatic N) is 4. The van der Waals surface area contributed by atoms with Crippen LogP contribution in [0.2, 0.25) is 0 Å². The highest BCUT2D eigenvalue weighted by Crippen LogP contribution is 2.28. The molecular weight excluding hydrogens is 454 g/mol. The van der Waals surface area contributed by atoms with E-state index in [4.69, 9.17) is 4.74 Å². The van der Waals surface area contributed by atoms with E-state index in [0.29, 0.717) is 17.6 Å². The number of thioether (sulfide) groups is 1. The Hall–Kier alpha value is -3.43. The van der Waals surface area contributed by atoms with Crippen molar-refractivity contribution >= 4 is 34.7 Å². The molecule has 0 bridgehead atoms. The van der Waals surface area contributed by atoms with Crippen LogP contribution in [0.4, 0.5) is 0 Å². The van der Waals surface area contributed by atoms with Gasteiger partial charge in [-0.05, 0) is 49.6 Å². The number of aromatic nitrogens is 3. The summed E-state index contributed by atoms with van der Waals surface area (Å²) in [5.41, 5.74) is 5.21. The van der Waals surface area contributed by atoms with Crippen LogP contribution in [0.5, 0.6) is 5.75 Å². The van der Waals surface area contributed by atoms with E-state index >= 15 is 0 Å². The largest absolute Gasteiger partial charge is 0.494 e. The van der Waals surface area contributed by atoms with Gasteiger partial charge in [0.2, 0.25) is 0 Å². The number of thiophene rings is 1. The molecule has 7 nitrogen and oxygen atoms in total. The minimum absolute atomic E-state index is 0.158. The summed E-state index contributed by atoms with van der Waals surface area (Å²) in [6.07, 6.45) is 0. The summed E-state index contributed by atoms with van der Waals surface area (Å²) in [6, 6.07) is 21.5. The van der Waals surface area contributed by atoms with Gasteiger partial charge in [0.05, 0.1) is 18.1 Å². The number of benzene rings is 2. The molecular formula is C24H23N5O2S2. The van der Waals surface area contributed by atoms with Gasteiger partial charge in [-0.1, -0.05) is 48.2 Å². The first kappa shape index (κ1) is 22.8. The molecule has 0 atom stereocenters. The summed E-state index contributed by atoms with van der Waals surface area (Å²) in [5, 5.41) is 15.6. The molecule has 0 unspecified atom stereocenters. The third-order valence-electron chi connectivity index (χ3n) is 4.63. The van der Waals surface area contributed by atoms with Crippen LogP contribution in [-0.4, -0.2) is 38.7 Å². The number of rotatable bonds is 9. The molecule has 1 amide bonds. The van der Waals surface area contributed by atoms with Crippen LogP contribution in [-0.2, 0) is 4.79 Å². The highest BCUT2D eigenvalue weighted by molar-refractivity contribution is 7.99. The van der Waals surface area contributed by atoms with Crippen molar-refractivity contribution < 1.29 is 9.53 Å². The van der Waals surface area contributed by atoms with E-state index in [2.05, 4.69) is 20.7 Å². The number of hydrogen-bond acceptors (Lipinski definition) is 7. The average molecular weight is 478 g/mol. The molecule has 9 heteroatoms. The van der Waals surface area contributed by atoms with Crippen molar-refractivity contribution in [1.82, 2.24) is 20.2 Å². The molecule has 0 saturated carbocycles. The molecule has 0 aliphatic rings. The van der Waals surface area contributed by atoms with Crippen LogP contribution >= 0.6 is 23.1 Å². The lowest BCUT2D eigenvalue weighted by Crippen LogP contribution is -2.21.